The minimum absolute atomic E-state index is 0.0350. The third kappa shape index (κ3) is 4.34. The molecule has 0 radical (unpaired) electrons. The second-order valence-electron chi connectivity index (χ2n) is 8.24. The number of piperidine rings is 1. The number of hydrogen-bond donors (Lipinski definition) is 2. The van der Waals surface area contributed by atoms with E-state index in [1.807, 2.05) is 31.9 Å². The molecule has 1 aliphatic heterocycles. The van der Waals surface area contributed by atoms with Crippen LogP contribution in [-0.4, -0.2) is 40.2 Å². The Balaban J connectivity index is 1.56. The van der Waals surface area contributed by atoms with Crippen LogP contribution in [0.15, 0.2) is 30.5 Å². The molecule has 2 aromatic rings. The maximum atomic E-state index is 12.2. The van der Waals surface area contributed by atoms with Crippen LogP contribution in [0.3, 0.4) is 0 Å². The number of carbonyl (C=O) groups excluding carboxylic acids is 1. The van der Waals surface area contributed by atoms with E-state index in [1.165, 1.54) is 16.5 Å². The number of carbonyl (C=O) groups is 1. The summed E-state index contributed by atoms with van der Waals surface area (Å²) < 4.78 is 5.48. The third-order valence-electron chi connectivity index (χ3n) is 4.90. The Kier molecular flexibility index (Phi) is 4.78. The van der Waals surface area contributed by atoms with Crippen LogP contribution in [0.5, 0.6) is 0 Å². The predicted octanol–water partition coefficient (Wildman–Crippen LogP) is 4.05. The molecule has 1 fully saturated rings. The number of benzene rings is 1. The molecule has 0 atom stereocenters. The maximum absolute atomic E-state index is 12.2. The van der Waals surface area contributed by atoms with Crippen LogP contribution >= 0.6 is 0 Å². The van der Waals surface area contributed by atoms with Crippen LogP contribution in [0.1, 0.15) is 46.1 Å². The zero-order valence-electron chi connectivity index (χ0n) is 15.7. The molecular formula is C20H29N3O2. The summed E-state index contributed by atoms with van der Waals surface area (Å²) >= 11 is 0. The second-order valence-corrected chi connectivity index (χ2v) is 8.24. The highest BCUT2D eigenvalue weighted by molar-refractivity contribution is 5.82. The first-order valence-electron chi connectivity index (χ1n) is 9.04. The van der Waals surface area contributed by atoms with E-state index in [9.17, 15) is 4.79 Å². The molecule has 0 aliphatic carbocycles. The van der Waals surface area contributed by atoms with Gasteiger partial charge in [-0.05, 0) is 57.6 Å². The lowest BCUT2D eigenvalue weighted by molar-refractivity contribution is 0.0157. The molecule has 1 aromatic heterocycles. The van der Waals surface area contributed by atoms with Gasteiger partial charge < -0.3 is 19.9 Å². The van der Waals surface area contributed by atoms with Gasteiger partial charge in [0.05, 0.1) is 0 Å². The summed E-state index contributed by atoms with van der Waals surface area (Å²) in [5.74, 6) is 0. The van der Waals surface area contributed by atoms with E-state index < -0.39 is 5.60 Å². The van der Waals surface area contributed by atoms with E-state index in [4.69, 9.17) is 4.74 Å². The lowest BCUT2D eigenvalue weighted by atomic mass is 9.89. The smallest absolute Gasteiger partial charge is 0.410 e. The summed E-state index contributed by atoms with van der Waals surface area (Å²) in [4.78, 5) is 17.3. The summed E-state index contributed by atoms with van der Waals surface area (Å²) in [7, 11) is 0. The van der Waals surface area contributed by atoms with E-state index in [0.717, 1.165) is 32.5 Å². The highest BCUT2D eigenvalue weighted by Crippen LogP contribution is 2.25. The SMILES string of the molecule is CC1(NCc2cccc3cc[nH]c23)CCN(C(=O)OC(C)(C)C)CC1. The topological polar surface area (TPSA) is 57.4 Å². The number of H-pyrrole nitrogens is 1. The molecule has 5 nitrogen and oxygen atoms in total. The Morgan fingerprint density at radius 1 is 1.28 bits per heavy atom. The van der Waals surface area contributed by atoms with Gasteiger partial charge in [-0.15, -0.1) is 0 Å². The van der Waals surface area contributed by atoms with E-state index in [-0.39, 0.29) is 11.6 Å². The van der Waals surface area contributed by atoms with Crippen molar-refractivity contribution in [1.82, 2.24) is 15.2 Å². The van der Waals surface area contributed by atoms with Crippen LogP contribution in [0.2, 0.25) is 0 Å². The van der Waals surface area contributed by atoms with Gasteiger partial charge in [0.15, 0.2) is 0 Å². The van der Waals surface area contributed by atoms with Crippen molar-refractivity contribution in [2.45, 2.75) is 58.2 Å². The highest BCUT2D eigenvalue weighted by Gasteiger charge is 2.33. The fourth-order valence-electron chi connectivity index (χ4n) is 3.29. The van der Waals surface area contributed by atoms with Crippen molar-refractivity contribution in [3.05, 3.63) is 36.0 Å². The lowest BCUT2D eigenvalue weighted by Gasteiger charge is -2.40. The first-order chi connectivity index (χ1) is 11.8. The van der Waals surface area contributed by atoms with E-state index in [2.05, 4.69) is 41.5 Å². The lowest BCUT2D eigenvalue weighted by Crippen LogP contribution is -2.53. The number of nitrogens with zero attached hydrogens (tertiary/aromatic N) is 1. The fourth-order valence-corrected chi connectivity index (χ4v) is 3.29. The second kappa shape index (κ2) is 6.71. The monoisotopic (exact) mass is 343 g/mol. The van der Waals surface area contributed by atoms with Crippen molar-refractivity contribution in [1.29, 1.82) is 0 Å². The molecule has 1 amide bonds. The number of aromatic amines is 1. The first-order valence-corrected chi connectivity index (χ1v) is 9.04. The van der Waals surface area contributed by atoms with Crippen LogP contribution in [0, 0.1) is 0 Å². The molecular weight excluding hydrogens is 314 g/mol. The van der Waals surface area contributed by atoms with Gasteiger partial charge in [-0.3, -0.25) is 0 Å². The molecule has 25 heavy (non-hydrogen) atoms. The Morgan fingerprint density at radius 3 is 2.68 bits per heavy atom. The van der Waals surface area contributed by atoms with Gasteiger partial charge in [0.25, 0.3) is 0 Å². The molecule has 1 saturated heterocycles. The normalized spacial score (nSPS) is 17.7. The quantitative estimate of drug-likeness (QED) is 0.884. The molecule has 0 saturated carbocycles. The molecule has 1 aromatic carbocycles. The Labute approximate surface area is 149 Å². The average molecular weight is 343 g/mol. The third-order valence-corrected chi connectivity index (χ3v) is 4.90. The van der Waals surface area contributed by atoms with Gasteiger partial charge >= 0.3 is 6.09 Å². The van der Waals surface area contributed by atoms with Crippen molar-refractivity contribution < 1.29 is 9.53 Å². The van der Waals surface area contributed by atoms with Gasteiger partial charge in [0.2, 0.25) is 0 Å². The molecule has 0 unspecified atom stereocenters. The van der Waals surface area contributed by atoms with Crippen LogP contribution in [-0.2, 0) is 11.3 Å². The number of aromatic nitrogens is 1. The average Bonchev–Trinajstić information content (AvgIpc) is 3.01. The molecule has 3 rings (SSSR count). The zero-order valence-corrected chi connectivity index (χ0v) is 15.7. The number of ether oxygens (including phenoxy) is 1. The van der Waals surface area contributed by atoms with Crippen LogP contribution in [0.4, 0.5) is 4.79 Å². The van der Waals surface area contributed by atoms with E-state index in [0.29, 0.717) is 0 Å². The Hall–Kier alpha value is -2.01. The zero-order chi connectivity index (χ0) is 18.1. The number of nitrogens with one attached hydrogen (secondary N) is 2. The number of likely N-dealkylation sites (tertiary alicyclic amines) is 1. The minimum atomic E-state index is -0.440. The van der Waals surface area contributed by atoms with Crippen molar-refractivity contribution in [2.75, 3.05) is 13.1 Å². The predicted molar refractivity (Wildman–Crippen MR) is 101 cm³/mol. The van der Waals surface area contributed by atoms with Gasteiger partial charge in [-0.1, -0.05) is 18.2 Å². The summed E-state index contributed by atoms with van der Waals surface area (Å²) in [6, 6.07) is 8.47. The molecule has 0 spiro atoms. The highest BCUT2D eigenvalue weighted by atomic mass is 16.6. The number of fused-ring (bicyclic) bond motifs is 1. The molecule has 136 valence electrons. The molecule has 2 N–H and O–H groups in total. The summed E-state index contributed by atoms with van der Waals surface area (Å²) in [5, 5.41) is 4.95. The van der Waals surface area contributed by atoms with Gasteiger partial charge in [0.1, 0.15) is 5.60 Å². The van der Waals surface area contributed by atoms with Crippen molar-refractivity contribution in [3.8, 4) is 0 Å². The molecule has 0 bridgehead atoms. The van der Waals surface area contributed by atoms with E-state index >= 15 is 0 Å². The summed E-state index contributed by atoms with van der Waals surface area (Å²) in [6.45, 7) is 10.2. The van der Waals surface area contributed by atoms with Crippen LogP contribution < -0.4 is 5.32 Å². The molecule has 1 aliphatic rings. The molecule has 2 heterocycles. The maximum Gasteiger partial charge on any atom is 0.410 e. The molecule has 5 heteroatoms. The van der Waals surface area contributed by atoms with Crippen molar-refractivity contribution >= 4 is 17.0 Å². The van der Waals surface area contributed by atoms with E-state index in [1.54, 1.807) is 0 Å². The number of rotatable bonds is 3. The number of para-hydroxylation sites is 1. The van der Waals surface area contributed by atoms with Crippen molar-refractivity contribution in [3.63, 3.8) is 0 Å². The summed E-state index contributed by atoms with van der Waals surface area (Å²) in [5.41, 5.74) is 2.07. The standard InChI is InChI=1S/C20H29N3O2/c1-19(2,3)25-18(24)23-12-9-20(4,10-13-23)22-14-16-7-5-6-15-8-11-21-17(15)16/h5-8,11,21-22H,9-10,12-14H2,1-4H3. The minimum Gasteiger partial charge on any atom is -0.444 e. The first kappa shape index (κ1) is 17.8. The van der Waals surface area contributed by atoms with Gasteiger partial charge in [0, 0.05) is 36.9 Å². The van der Waals surface area contributed by atoms with Crippen molar-refractivity contribution in [2.24, 2.45) is 0 Å². The summed E-state index contributed by atoms with van der Waals surface area (Å²) in [6.07, 6.45) is 3.63. The Morgan fingerprint density at radius 2 is 2.00 bits per heavy atom. The number of hydrogen-bond acceptors (Lipinski definition) is 3. The Bertz CT molecular complexity index is 737. The number of amides is 1. The van der Waals surface area contributed by atoms with Crippen LogP contribution in [0.25, 0.3) is 10.9 Å². The van der Waals surface area contributed by atoms with Gasteiger partial charge in [-0.2, -0.15) is 0 Å². The van der Waals surface area contributed by atoms with Gasteiger partial charge in [-0.25, -0.2) is 4.79 Å². The fraction of sp³-hybridized carbons (Fsp3) is 0.550. The largest absolute Gasteiger partial charge is 0.444 e.